The maximum atomic E-state index is 12.6. The van der Waals surface area contributed by atoms with Gasteiger partial charge < -0.3 is 15.4 Å². The van der Waals surface area contributed by atoms with Crippen LogP contribution in [0.15, 0.2) is 35.5 Å². The molecule has 2 N–H and O–H groups in total. The standard InChI is InChI=1S/C18H26N6O5S/c1-5-23(6-2)30(27,28)15-9-7-14(8-10-15)22-18-16(24(25)26)17(19-12-20-18)21-13(3)11-29-4/h7-10,12-13H,5-6,11H2,1-4H3,(H2,19,20,21,22). The molecule has 2 aromatic rings. The zero-order valence-corrected chi connectivity index (χ0v) is 18.1. The van der Waals surface area contributed by atoms with Crippen LogP contribution in [0.1, 0.15) is 20.8 Å². The first-order chi connectivity index (χ1) is 14.2. The third-order valence-electron chi connectivity index (χ3n) is 4.26. The summed E-state index contributed by atoms with van der Waals surface area (Å²) in [6, 6.07) is 5.75. The number of nitro groups is 1. The maximum Gasteiger partial charge on any atom is 0.353 e. The number of rotatable bonds is 11. The molecule has 1 aromatic heterocycles. The fourth-order valence-corrected chi connectivity index (χ4v) is 4.29. The van der Waals surface area contributed by atoms with Gasteiger partial charge in [-0.3, -0.25) is 10.1 Å². The van der Waals surface area contributed by atoms with Gasteiger partial charge in [0, 0.05) is 31.9 Å². The Morgan fingerprint density at radius 1 is 1.17 bits per heavy atom. The van der Waals surface area contributed by atoms with E-state index >= 15 is 0 Å². The molecule has 0 bridgehead atoms. The highest BCUT2D eigenvalue weighted by molar-refractivity contribution is 7.89. The molecule has 0 saturated carbocycles. The largest absolute Gasteiger partial charge is 0.383 e. The molecule has 0 amide bonds. The molecule has 0 fully saturated rings. The number of aromatic nitrogens is 2. The number of hydrogen-bond acceptors (Lipinski definition) is 9. The third-order valence-corrected chi connectivity index (χ3v) is 6.33. The van der Waals surface area contributed by atoms with Crippen molar-refractivity contribution in [2.45, 2.75) is 31.7 Å². The summed E-state index contributed by atoms with van der Waals surface area (Å²) in [5.74, 6) is 0.0456. The Morgan fingerprint density at radius 2 is 1.77 bits per heavy atom. The van der Waals surface area contributed by atoms with E-state index in [1.54, 1.807) is 20.8 Å². The van der Waals surface area contributed by atoms with E-state index < -0.39 is 14.9 Å². The number of nitrogens with zero attached hydrogens (tertiary/aromatic N) is 4. The lowest BCUT2D eigenvalue weighted by Crippen LogP contribution is -2.30. The molecule has 0 aliphatic carbocycles. The van der Waals surface area contributed by atoms with Crippen molar-refractivity contribution < 1.29 is 18.1 Å². The molecule has 12 heteroatoms. The lowest BCUT2D eigenvalue weighted by atomic mass is 10.3. The Labute approximate surface area is 175 Å². The van der Waals surface area contributed by atoms with Crippen molar-refractivity contribution in [2.75, 3.05) is 37.4 Å². The molecule has 2 rings (SSSR count). The van der Waals surface area contributed by atoms with Gasteiger partial charge in [0.25, 0.3) is 0 Å². The van der Waals surface area contributed by atoms with Gasteiger partial charge >= 0.3 is 5.69 Å². The van der Waals surface area contributed by atoms with Gasteiger partial charge in [-0.05, 0) is 31.2 Å². The number of methoxy groups -OCH3 is 1. The number of sulfonamides is 1. The number of benzene rings is 1. The van der Waals surface area contributed by atoms with Crippen molar-refractivity contribution in [3.63, 3.8) is 0 Å². The van der Waals surface area contributed by atoms with E-state index in [0.29, 0.717) is 25.4 Å². The summed E-state index contributed by atoms with van der Waals surface area (Å²) in [6.45, 7) is 6.41. The second-order valence-corrected chi connectivity index (χ2v) is 8.35. The second-order valence-electron chi connectivity index (χ2n) is 6.42. The van der Waals surface area contributed by atoms with Crippen molar-refractivity contribution in [3.8, 4) is 0 Å². The highest BCUT2D eigenvalue weighted by atomic mass is 32.2. The molecule has 0 saturated heterocycles. The summed E-state index contributed by atoms with van der Waals surface area (Å²) >= 11 is 0. The quantitative estimate of drug-likeness (QED) is 0.400. The van der Waals surface area contributed by atoms with Crippen LogP contribution in [0.3, 0.4) is 0 Å². The van der Waals surface area contributed by atoms with Gasteiger partial charge in [0.15, 0.2) is 0 Å². The number of hydrogen-bond donors (Lipinski definition) is 2. The van der Waals surface area contributed by atoms with Crippen molar-refractivity contribution in [3.05, 3.63) is 40.7 Å². The average molecular weight is 439 g/mol. The Bertz CT molecular complexity index is 964. The van der Waals surface area contributed by atoms with E-state index in [2.05, 4.69) is 20.6 Å². The minimum atomic E-state index is -3.59. The number of nitrogens with one attached hydrogen (secondary N) is 2. The first-order valence-electron chi connectivity index (χ1n) is 9.36. The van der Waals surface area contributed by atoms with Crippen LogP contribution in [0, 0.1) is 10.1 Å². The van der Waals surface area contributed by atoms with E-state index in [1.807, 2.05) is 0 Å². The fraction of sp³-hybridized carbons (Fsp3) is 0.444. The Hall–Kier alpha value is -2.83. The molecular formula is C18H26N6O5S. The Kier molecular flexibility index (Phi) is 8.03. The predicted molar refractivity (Wildman–Crippen MR) is 113 cm³/mol. The summed E-state index contributed by atoms with van der Waals surface area (Å²) in [6.07, 6.45) is 1.20. The molecule has 11 nitrogen and oxygen atoms in total. The Balaban J connectivity index is 2.31. The monoisotopic (exact) mass is 438 g/mol. The third kappa shape index (κ3) is 5.40. The normalized spacial score (nSPS) is 12.6. The van der Waals surface area contributed by atoms with Crippen molar-refractivity contribution in [1.82, 2.24) is 14.3 Å². The Morgan fingerprint density at radius 3 is 2.30 bits per heavy atom. The number of anilines is 3. The van der Waals surface area contributed by atoms with E-state index in [0.717, 1.165) is 0 Å². The van der Waals surface area contributed by atoms with Crippen LogP contribution in [-0.2, 0) is 14.8 Å². The maximum absolute atomic E-state index is 12.6. The first-order valence-corrected chi connectivity index (χ1v) is 10.8. The molecule has 1 heterocycles. The molecule has 1 unspecified atom stereocenters. The molecule has 1 atom stereocenters. The summed E-state index contributed by atoms with van der Waals surface area (Å²) in [7, 11) is -2.06. The lowest BCUT2D eigenvalue weighted by Gasteiger charge is -2.18. The van der Waals surface area contributed by atoms with E-state index in [1.165, 1.54) is 42.0 Å². The van der Waals surface area contributed by atoms with Crippen LogP contribution < -0.4 is 10.6 Å². The molecule has 164 valence electrons. The van der Waals surface area contributed by atoms with E-state index in [-0.39, 0.29) is 28.3 Å². The molecule has 30 heavy (non-hydrogen) atoms. The van der Waals surface area contributed by atoms with E-state index in [4.69, 9.17) is 4.74 Å². The van der Waals surface area contributed by atoms with Crippen molar-refractivity contribution >= 4 is 33.0 Å². The van der Waals surface area contributed by atoms with Crippen LogP contribution >= 0.6 is 0 Å². The van der Waals surface area contributed by atoms with Gasteiger partial charge in [-0.15, -0.1) is 0 Å². The second kappa shape index (κ2) is 10.3. The summed E-state index contributed by atoms with van der Waals surface area (Å²) in [5, 5.41) is 17.4. The summed E-state index contributed by atoms with van der Waals surface area (Å²) in [5.41, 5.74) is 0.131. The average Bonchev–Trinajstić information content (AvgIpc) is 2.69. The van der Waals surface area contributed by atoms with Crippen molar-refractivity contribution in [2.24, 2.45) is 0 Å². The molecule has 1 aromatic carbocycles. The van der Waals surface area contributed by atoms with Gasteiger partial charge in [-0.25, -0.2) is 18.4 Å². The zero-order chi connectivity index (χ0) is 22.3. The van der Waals surface area contributed by atoms with Gasteiger partial charge in [0.1, 0.15) is 6.33 Å². The summed E-state index contributed by atoms with van der Waals surface area (Å²) < 4.78 is 31.6. The minimum absolute atomic E-state index is 0.0125. The van der Waals surface area contributed by atoms with Crippen LogP contribution in [0.4, 0.5) is 23.0 Å². The highest BCUT2D eigenvalue weighted by Crippen LogP contribution is 2.31. The molecule has 0 aliphatic rings. The first kappa shape index (κ1) is 23.4. The van der Waals surface area contributed by atoms with E-state index in [9.17, 15) is 18.5 Å². The van der Waals surface area contributed by atoms with Crippen LogP contribution in [-0.4, -0.2) is 60.5 Å². The highest BCUT2D eigenvalue weighted by Gasteiger charge is 2.25. The van der Waals surface area contributed by atoms with Crippen LogP contribution in [0.5, 0.6) is 0 Å². The number of ether oxygens (including phenoxy) is 1. The molecule has 0 radical (unpaired) electrons. The molecule has 0 aliphatic heterocycles. The van der Waals surface area contributed by atoms with Gasteiger partial charge in [-0.1, -0.05) is 13.8 Å². The van der Waals surface area contributed by atoms with Gasteiger partial charge in [-0.2, -0.15) is 4.31 Å². The van der Waals surface area contributed by atoms with Gasteiger partial charge in [0.05, 0.1) is 16.4 Å². The predicted octanol–water partition coefficient (Wildman–Crippen LogP) is 2.61. The zero-order valence-electron chi connectivity index (χ0n) is 17.3. The molecular weight excluding hydrogens is 412 g/mol. The van der Waals surface area contributed by atoms with Crippen LogP contribution in [0.2, 0.25) is 0 Å². The fourth-order valence-electron chi connectivity index (χ4n) is 2.83. The minimum Gasteiger partial charge on any atom is -0.383 e. The van der Waals surface area contributed by atoms with Gasteiger partial charge in [0.2, 0.25) is 21.7 Å². The molecule has 0 spiro atoms. The topological polar surface area (TPSA) is 140 Å². The summed E-state index contributed by atoms with van der Waals surface area (Å²) in [4.78, 5) is 19.1. The SMILES string of the molecule is CCN(CC)S(=O)(=O)c1ccc(Nc2ncnc(NC(C)COC)c2[N+](=O)[O-])cc1. The van der Waals surface area contributed by atoms with Crippen LogP contribution in [0.25, 0.3) is 0 Å². The lowest BCUT2D eigenvalue weighted by molar-refractivity contribution is -0.383. The smallest absolute Gasteiger partial charge is 0.353 e. The van der Waals surface area contributed by atoms with Crippen molar-refractivity contribution in [1.29, 1.82) is 0 Å².